The number of hydrogen-bond acceptors (Lipinski definition) is 3. The third kappa shape index (κ3) is 3.23. The Bertz CT molecular complexity index is 1010. The SMILES string of the molecule is COc1ccc(-c2c3c(nc4sc5c(c24)CCC(C)C5)CCC(C)C3)cc1.Cl. The van der Waals surface area contributed by atoms with Crippen LogP contribution in [-0.2, 0) is 25.7 Å². The summed E-state index contributed by atoms with van der Waals surface area (Å²) in [6.07, 6.45) is 7.26. The lowest BCUT2D eigenvalue weighted by atomic mass is 9.81. The van der Waals surface area contributed by atoms with E-state index in [2.05, 4.69) is 38.1 Å². The number of ether oxygens (including phenoxy) is 1. The smallest absolute Gasteiger partial charge is 0.124 e. The summed E-state index contributed by atoms with van der Waals surface area (Å²) in [5.74, 6) is 2.46. The van der Waals surface area contributed by atoms with Crippen molar-refractivity contribution < 1.29 is 4.74 Å². The summed E-state index contributed by atoms with van der Waals surface area (Å²) >= 11 is 1.96. The first-order chi connectivity index (χ1) is 13.1. The quantitative estimate of drug-likeness (QED) is 0.469. The lowest BCUT2D eigenvalue weighted by Gasteiger charge is -2.25. The van der Waals surface area contributed by atoms with Crippen LogP contribution in [0.4, 0.5) is 0 Å². The van der Waals surface area contributed by atoms with E-state index in [-0.39, 0.29) is 12.4 Å². The highest BCUT2D eigenvalue weighted by Gasteiger charge is 2.28. The van der Waals surface area contributed by atoms with Crippen LogP contribution in [0.1, 0.15) is 48.4 Å². The number of halogens is 1. The summed E-state index contributed by atoms with van der Waals surface area (Å²) in [5.41, 5.74) is 7.24. The van der Waals surface area contributed by atoms with E-state index >= 15 is 0 Å². The van der Waals surface area contributed by atoms with Crippen molar-refractivity contribution in [1.82, 2.24) is 4.98 Å². The van der Waals surface area contributed by atoms with Gasteiger partial charge in [-0.15, -0.1) is 23.7 Å². The molecular formula is C24H28ClNOS. The summed E-state index contributed by atoms with van der Waals surface area (Å²) in [6, 6.07) is 8.67. The summed E-state index contributed by atoms with van der Waals surface area (Å²) in [4.78, 5) is 8.05. The van der Waals surface area contributed by atoms with Crippen molar-refractivity contribution in [3.8, 4) is 16.9 Å². The van der Waals surface area contributed by atoms with Gasteiger partial charge in [-0.05, 0) is 84.7 Å². The van der Waals surface area contributed by atoms with Gasteiger partial charge in [-0.2, -0.15) is 0 Å². The number of fused-ring (bicyclic) bond motifs is 4. The first-order valence-electron chi connectivity index (χ1n) is 10.2. The van der Waals surface area contributed by atoms with Gasteiger partial charge in [-0.1, -0.05) is 26.0 Å². The molecule has 3 aromatic rings. The van der Waals surface area contributed by atoms with Crippen molar-refractivity contribution in [2.45, 2.75) is 52.4 Å². The molecule has 4 heteroatoms. The van der Waals surface area contributed by atoms with Crippen LogP contribution in [0.15, 0.2) is 24.3 Å². The number of aromatic nitrogens is 1. The Morgan fingerprint density at radius 2 is 1.68 bits per heavy atom. The van der Waals surface area contributed by atoms with Gasteiger partial charge < -0.3 is 4.74 Å². The molecule has 5 rings (SSSR count). The number of aryl methyl sites for hydroxylation is 2. The average Bonchev–Trinajstić information content (AvgIpc) is 3.03. The molecule has 2 unspecified atom stereocenters. The topological polar surface area (TPSA) is 22.1 Å². The number of nitrogens with zero attached hydrogens (tertiary/aromatic N) is 1. The van der Waals surface area contributed by atoms with E-state index in [1.807, 2.05) is 11.3 Å². The van der Waals surface area contributed by atoms with Gasteiger partial charge in [0.05, 0.1) is 7.11 Å². The molecule has 0 bridgehead atoms. The number of rotatable bonds is 2. The van der Waals surface area contributed by atoms with Crippen molar-refractivity contribution in [2.75, 3.05) is 7.11 Å². The van der Waals surface area contributed by atoms with Crippen LogP contribution in [0.25, 0.3) is 21.3 Å². The molecule has 0 amide bonds. The molecule has 0 saturated heterocycles. The second-order valence-electron chi connectivity index (χ2n) is 8.52. The summed E-state index contributed by atoms with van der Waals surface area (Å²) in [5, 5.41) is 1.46. The van der Waals surface area contributed by atoms with Gasteiger partial charge >= 0.3 is 0 Å². The molecule has 0 N–H and O–H groups in total. The van der Waals surface area contributed by atoms with Gasteiger partial charge in [0.2, 0.25) is 0 Å². The first-order valence-corrected chi connectivity index (χ1v) is 11.1. The van der Waals surface area contributed by atoms with Gasteiger partial charge in [0.1, 0.15) is 10.6 Å². The number of benzene rings is 1. The van der Waals surface area contributed by atoms with E-state index in [9.17, 15) is 0 Å². The molecular weight excluding hydrogens is 386 g/mol. The second-order valence-corrected chi connectivity index (χ2v) is 9.60. The van der Waals surface area contributed by atoms with Gasteiger partial charge in [0, 0.05) is 16.0 Å². The highest BCUT2D eigenvalue weighted by molar-refractivity contribution is 7.19. The van der Waals surface area contributed by atoms with E-state index in [4.69, 9.17) is 9.72 Å². The molecule has 0 fully saturated rings. The minimum absolute atomic E-state index is 0. The Kier molecular flexibility index (Phi) is 5.41. The monoisotopic (exact) mass is 413 g/mol. The van der Waals surface area contributed by atoms with Crippen molar-refractivity contribution in [1.29, 1.82) is 0 Å². The minimum atomic E-state index is 0. The standard InChI is InChI=1S/C24H27NOS.ClH/c1-14-5-11-20-19(12-14)22(16-6-8-17(26-3)9-7-16)23-18-10-4-15(2)13-21(18)27-24(23)25-20;/h6-9,14-15H,4-5,10-13H2,1-3H3;1H. The van der Waals surface area contributed by atoms with E-state index in [1.54, 1.807) is 17.6 Å². The molecule has 2 heterocycles. The summed E-state index contributed by atoms with van der Waals surface area (Å²) in [7, 11) is 1.74. The lowest BCUT2D eigenvalue weighted by Crippen LogP contribution is -2.15. The third-order valence-corrected chi connectivity index (χ3v) is 7.58. The maximum absolute atomic E-state index is 5.40. The molecule has 28 heavy (non-hydrogen) atoms. The van der Waals surface area contributed by atoms with Crippen molar-refractivity contribution >= 4 is 34.0 Å². The maximum Gasteiger partial charge on any atom is 0.124 e. The molecule has 2 aliphatic carbocycles. The fourth-order valence-electron chi connectivity index (χ4n) is 4.89. The molecule has 0 radical (unpaired) electrons. The lowest BCUT2D eigenvalue weighted by molar-refractivity contribution is 0.415. The molecule has 0 aliphatic heterocycles. The number of thiophene rings is 1. The summed E-state index contributed by atoms with van der Waals surface area (Å²) in [6.45, 7) is 4.77. The molecule has 2 aliphatic rings. The van der Waals surface area contributed by atoms with Crippen LogP contribution < -0.4 is 4.74 Å². The van der Waals surface area contributed by atoms with E-state index in [1.165, 1.54) is 58.3 Å². The van der Waals surface area contributed by atoms with Crippen LogP contribution in [0.5, 0.6) is 5.75 Å². The van der Waals surface area contributed by atoms with Gasteiger partial charge in [0.15, 0.2) is 0 Å². The van der Waals surface area contributed by atoms with E-state index in [0.29, 0.717) is 0 Å². The zero-order valence-electron chi connectivity index (χ0n) is 16.9. The minimum Gasteiger partial charge on any atom is -0.497 e. The Morgan fingerprint density at radius 1 is 0.964 bits per heavy atom. The molecule has 2 nitrogen and oxygen atoms in total. The number of hydrogen-bond donors (Lipinski definition) is 0. The van der Waals surface area contributed by atoms with Crippen molar-refractivity contribution in [2.24, 2.45) is 11.8 Å². The predicted molar refractivity (Wildman–Crippen MR) is 121 cm³/mol. The van der Waals surface area contributed by atoms with E-state index in [0.717, 1.165) is 30.4 Å². The van der Waals surface area contributed by atoms with Crippen LogP contribution in [0.3, 0.4) is 0 Å². The highest BCUT2D eigenvalue weighted by Crippen LogP contribution is 2.45. The van der Waals surface area contributed by atoms with Crippen molar-refractivity contribution in [3.05, 3.63) is 46.0 Å². The summed E-state index contributed by atoms with van der Waals surface area (Å²) < 4.78 is 5.40. The van der Waals surface area contributed by atoms with Crippen LogP contribution in [0.2, 0.25) is 0 Å². The van der Waals surface area contributed by atoms with Crippen molar-refractivity contribution in [3.63, 3.8) is 0 Å². The molecule has 2 aromatic heterocycles. The first kappa shape index (κ1) is 19.7. The van der Waals surface area contributed by atoms with E-state index < -0.39 is 0 Å². The average molecular weight is 414 g/mol. The fraction of sp³-hybridized carbons (Fsp3) is 0.458. The van der Waals surface area contributed by atoms with Gasteiger partial charge in [0.25, 0.3) is 0 Å². The normalized spacial score (nSPS) is 21.0. The fourth-order valence-corrected chi connectivity index (χ4v) is 6.31. The van der Waals surface area contributed by atoms with Crippen LogP contribution in [-0.4, -0.2) is 12.1 Å². The van der Waals surface area contributed by atoms with Gasteiger partial charge in [-0.25, -0.2) is 4.98 Å². The maximum atomic E-state index is 5.40. The Labute approximate surface area is 177 Å². The highest BCUT2D eigenvalue weighted by atomic mass is 35.5. The van der Waals surface area contributed by atoms with Crippen LogP contribution in [0, 0.1) is 11.8 Å². The molecule has 0 saturated carbocycles. The molecule has 1 aromatic carbocycles. The zero-order chi connectivity index (χ0) is 18.5. The Morgan fingerprint density at radius 3 is 2.43 bits per heavy atom. The molecule has 148 valence electrons. The predicted octanol–water partition coefficient (Wildman–Crippen LogP) is 6.64. The second kappa shape index (κ2) is 7.68. The number of methoxy groups -OCH3 is 1. The Balaban J connectivity index is 0.00000192. The largest absolute Gasteiger partial charge is 0.497 e. The zero-order valence-corrected chi connectivity index (χ0v) is 18.5. The molecule has 2 atom stereocenters. The van der Waals surface area contributed by atoms with Gasteiger partial charge in [-0.3, -0.25) is 0 Å². The third-order valence-electron chi connectivity index (χ3n) is 6.43. The van der Waals surface area contributed by atoms with Crippen LogP contribution >= 0.6 is 23.7 Å². The molecule has 0 spiro atoms. The Hall–Kier alpha value is -1.58. The number of pyridine rings is 1.